The Hall–Kier alpha value is -2.82. The molecular formula is C24H29NO4. The summed E-state index contributed by atoms with van der Waals surface area (Å²) in [6.07, 6.45) is 6.23. The van der Waals surface area contributed by atoms with Crippen molar-refractivity contribution in [2.24, 2.45) is 0 Å². The van der Waals surface area contributed by atoms with Crippen molar-refractivity contribution in [1.82, 2.24) is 4.90 Å². The topological polar surface area (TPSA) is 55.8 Å². The zero-order chi connectivity index (χ0) is 20.6. The van der Waals surface area contributed by atoms with Gasteiger partial charge in [0.2, 0.25) is 5.91 Å². The maximum absolute atomic E-state index is 12.5. The number of amides is 1. The van der Waals surface area contributed by atoms with Gasteiger partial charge in [-0.15, -0.1) is 0 Å². The molecule has 0 spiro atoms. The van der Waals surface area contributed by atoms with Gasteiger partial charge in [0, 0.05) is 20.0 Å². The third kappa shape index (κ3) is 6.08. The number of aryl methyl sites for hydroxylation is 1. The van der Waals surface area contributed by atoms with Gasteiger partial charge in [-0.2, -0.15) is 0 Å². The highest BCUT2D eigenvalue weighted by molar-refractivity contribution is 5.89. The number of hydrogen-bond acceptors (Lipinski definition) is 4. The first-order valence-electron chi connectivity index (χ1n) is 10.2. The molecule has 1 amide bonds. The van der Waals surface area contributed by atoms with Gasteiger partial charge in [0.25, 0.3) is 0 Å². The minimum absolute atomic E-state index is 0.0872. The molecular weight excluding hydrogens is 366 g/mol. The highest BCUT2D eigenvalue weighted by Gasteiger charge is 2.16. The van der Waals surface area contributed by atoms with Gasteiger partial charge in [-0.3, -0.25) is 4.79 Å². The van der Waals surface area contributed by atoms with E-state index in [1.165, 1.54) is 20.0 Å². The summed E-state index contributed by atoms with van der Waals surface area (Å²) < 4.78 is 10.8. The molecule has 1 fully saturated rings. The number of ether oxygens (including phenoxy) is 2. The third-order valence-electron chi connectivity index (χ3n) is 5.35. The highest BCUT2D eigenvalue weighted by Crippen LogP contribution is 2.25. The fourth-order valence-corrected chi connectivity index (χ4v) is 3.64. The van der Waals surface area contributed by atoms with Gasteiger partial charge in [0.15, 0.2) is 0 Å². The first kappa shape index (κ1) is 20.9. The zero-order valence-corrected chi connectivity index (χ0v) is 17.2. The Labute approximate surface area is 172 Å². The van der Waals surface area contributed by atoms with E-state index in [4.69, 9.17) is 9.47 Å². The van der Waals surface area contributed by atoms with Crippen LogP contribution in [0, 0.1) is 0 Å². The molecule has 1 aliphatic carbocycles. The van der Waals surface area contributed by atoms with E-state index >= 15 is 0 Å². The molecule has 0 saturated heterocycles. The van der Waals surface area contributed by atoms with Crippen LogP contribution in [-0.2, 0) is 22.5 Å². The molecule has 5 heteroatoms. The van der Waals surface area contributed by atoms with E-state index < -0.39 is 0 Å². The third-order valence-corrected chi connectivity index (χ3v) is 5.35. The maximum atomic E-state index is 12.5. The van der Waals surface area contributed by atoms with Gasteiger partial charge in [0.05, 0.1) is 18.8 Å². The molecule has 154 valence electrons. The van der Waals surface area contributed by atoms with Crippen LogP contribution in [0.25, 0.3) is 0 Å². The van der Waals surface area contributed by atoms with Crippen LogP contribution >= 0.6 is 0 Å². The predicted molar refractivity (Wildman–Crippen MR) is 112 cm³/mol. The second-order valence-corrected chi connectivity index (χ2v) is 7.61. The van der Waals surface area contributed by atoms with Crippen LogP contribution in [0.5, 0.6) is 5.75 Å². The average molecular weight is 395 g/mol. The molecule has 5 nitrogen and oxygen atoms in total. The predicted octanol–water partition coefficient (Wildman–Crippen LogP) is 4.39. The lowest BCUT2D eigenvalue weighted by atomic mass is 10.1. The largest absolute Gasteiger partial charge is 0.490 e. The second kappa shape index (κ2) is 10.1. The van der Waals surface area contributed by atoms with Crippen molar-refractivity contribution >= 4 is 11.9 Å². The fourth-order valence-electron chi connectivity index (χ4n) is 3.64. The van der Waals surface area contributed by atoms with E-state index in [1.807, 2.05) is 30.3 Å². The summed E-state index contributed by atoms with van der Waals surface area (Å²) in [5, 5.41) is 0. The van der Waals surface area contributed by atoms with Crippen LogP contribution < -0.4 is 4.74 Å². The molecule has 1 aliphatic rings. The van der Waals surface area contributed by atoms with E-state index in [-0.39, 0.29) is 11.9 Å². The lowest BCUT2D eigenvalue weighted by Gasteiger charge is -2.18. The maximum Gasteiger partial charge on any atom is 0.337 e. The van der Waals surface area contributed by atoms with Crippen LogP contribution in [0.15, 0.2) is 48.5 Å². The summed E-state index contributed by atoms with van der Waals surface area (Å²) in [6.45, 7) is 0.505. The lowest BCUT2D eigenvalue weighted by molar-refractivity contribution is -0.130. The summed E-state index contributed by atoms with van der Waals surface area (Å²) in [5.41, 5.74) is 2.59. The summed E-state index contributed by atoms with van der Waals surface area (Å²) >= 11 is 0. The van der Waals surface area contributed by atoms with Gasteiger partial charge in [-0.1, -0.05) is 24.3 Å². The molecule has 29 heavy (non-hydrogen) atoms. The Kier molecular flexibility index (Phi) is 7.28. The number of carbonyl (C=O) groups excluding carboxylic acids is 2. The minimum atomic E-state index is -0.361. The van der Waals surface area contributed by atoms with Gasteiger partial charge in [-0.05, 0) is 67.5 Å². The van der Waals surface area contributed by atoms with E-state index in [9.17, 15) is 9.59 Å². The van der Waals surface area contributed by atoms with Crippen LogP contribution in [0.3, 0.4) is 0 Å². The Morgan fingerprint density at radius 2 is 1.76 bits per heavy atom. The van der Waals surface area contributed by atoms with Crippen LogP contribution in [-0.4, -0.2) is 37.0 Å². The molecule has 0 radical (unpaired) electrons. The standard InChI is InChI=1S/C24H29NO4/c1-25(17-19-10-13-20(14-11-19)24(27)28-2)23(26)15-12-18-6-5-9-22(16-18)29-21-7-3-4-8-21/h5-6,9-11,13-14,16,21H,3-4,7-8,12,15,17H2,1-2H3. The summed E-state index contributed by atoms with van der Waals surface area (Å²) in [7, 11) is 3.16. The summed E-state index contributed by atoms with van der Waals surface area (Å²) in [4.78, 5) is 25.7. The Balaban J connectivity index is 1.49. The molecule has 0 atom stereocenters. The first-order valence-corrected chi connectivity index (χ1v) is 10.2. The minimum Gasteiger partial charge on any atom is -0.490 e. The molecule has 0 unspecified atom stereocenters. The van der Waals surface area contributed by atoms with Crippen molar-refractivity contribution in [1.29, 1.82) is 0 Å². The van der Waals surface area contributed by atoms with Gasteiger partial charge in [-0.25, -0.2) is 4.79 Å². The number of benzene rings is 2. The number of rotatable bonds is 8. The van der Waals surface area contributed by atoms with Gasteiger partial charge in [0.1, 0.15) is 5.75 Å². The molecule has 2 aromatic rings. The Morgan fingerprint density at radius 1 is 1.03 bits per heavy atom. The van der Waals surface area contributed by atoms with Gasteiger partial charge >= 0.3 is 5.97 Å². The number of carbonyl (C=O) groups is 2. The molecule has 1 saturated carbocycles. The average Bonchev–Trinajstić information content (AvgIpc) is 3.25. The zero-order valence-electron chi connectivity index (χ0n) is 17.2. The van der Waals surface area contributed by atoms with Crippen molar-refractivity contribution in [3.05, 3.63) is 65.2 Å². The SMILES string of the molecule is COC(=O)c1ccc(CN(C)C(=O)CCc2cccc(OC3CCCC3)c2)cc1. The van der Waals surface area contributed by atoms with E-state index in [0.717, 1.165) is 29.7 Å². The number of hydrogen-bond donors (Lipinski definition) is 0. The molecule has 0 bridgehead atoms. The normalized spacial score (nSPS) is 13.9. The van der Waals surface area contributed by atoms with Crippen molar-refractivity contribution in [3.8, 4) is 5.75 Å². The first-order chi connectivity index (χ1) is 14.0. The fraction of sp³-hybridized carbons (Fsp3) is 0.417. The molecule has 0 N–H and O–H groups in total. The monoisotopic (exact) mass is 395 g/mol. The molecule has 3 rings (SSSR count). The second-order valence-electron chi connectivity index (χ2n) is 7.61. The van der Waals surface area contributed by atoms with Crippen molar-refractivity contribution < 1.29 is 19.1 Å². The highest BCUT2D eigenvalue weighted by atomic mass is 16.5. The van der Waals surface area contributed by atoms with E-state index in [1.54, 1.807) is 24.1 Å². The van der Waals surface area contributed by atoms with E-state index in [0.29, 0.717) is 31.1 Å². The summed E-state index contributed by atoms with van der Waals surface area (Å²) in [5.74, 6) is 0.630. The van der Waals surface area contributed by atoms with E-state index in [2.05, 4.69) is 6.07 Å². The van der Waals surface area contributed by atoms with Crippen molar-refractivity contribution in [3.63, 3.8) is 0 Å². The lowest BCUT2D eigenvalue weighted by Crippen LogP contribution is -2.26. The molecule has 0 aliphatic heterocycles. The molecule has 2 aromatic carbocycles. The van der Waals surface area contributed by atoms with Crippen LogP contribution in [0.1, 0.15) is 53.6 Å². The van der Waals surface area contributed by atoms with Crippen LogP contribution in [0.4, 0.5) is 0 Å². The molecule has 0 heterocycles. The number of esters is 1. The van der Waals surface area contributed by atoms with Crippen LogP contribution in [0.2, 0.25) is 0 Å². The number of nitrogens with zero attached hydrogens (tertiary/aromatic N) is 1. The number of methoxy groups -OCH3 is 1. The van der Waals surface area contributed by atoms with Crippen molar-refractivity contribution in [2.75, 3.05) is 14.2 Å². The summed E-state index contributed by atoms with van der Waals surface area (Å²) in [6, 6.07) is 15.2. The smallest absolute Gasteiger partial charge is 0.337 e. The van der Waals surface area contributed by atoms with Crippen molar-refractivity contribution in [2.45, 2.75) is 51.2 Å². The quantitative estimate of drug-likeness (QED) is 0.622. The Morgan fingerprint density at radius 3 is 2.45 bits per heavy atom. The Bertz CT molecular complexity index is 825. The molecule has 0 aromatic heterocycles. The van der Waals surface area contributed by atoms with Gasteiger partial charge < -0.3 is 14.4 Å².